The van der Waals surface area contributed by atoms with E-state index in [0.29, 0.717) is 16.4 Å². The van der Waals surface area contributed by atoms with Gasteiger partial charge in [-0.05, 0) is 54.7 Å². The van der Waals surface area contributed by atoms with Crippen LogP contribution in [0.15, 0.2) is 54.6 Å². The van der Waals surface area contributed by atoms with Crippen LogP contribution in [0.25, 0.3) is 0 Å². The molecule has 0 radical (unpaired) electrons. The Balaban J connectivity index is 1.24. The highest BCUT2D eigenvalue weighted by molar-refractivity contribution is 6.42. The van der Waals surface area contributed by atoms with Crippen LogP contribution in [0.3, 0.4) is 0 Å². The molecule has 1 heterocycles. The predicted octanol–water partition coefficient (Wildman–Crippen LogP) is 4.10. The number of ether oxygens (including phenoxy) is 1. The van der Waals surface area contributed by atoms with E-state index in [4.69, 9.17) is 27.9 Å². The van der Waals surface area contributed by atoms with Gasteiger partial charge in [-0.25, -0.2) is 9.69 Å². The van der Waals surface area contributed by atoms with Crippen LogP contribution in [0, 0.1) is 23.7 Å². The second-order valence-corrected chi connectivity index (χ2v) is 9.13. The summed E-state index contributed by atoms with van der Waals surface area (Å²) in [5, 5.41) is 3.19. The smallest absolute Gasteiger partial charge is 0.338 e. The molecular formula is C24H18Cl2N2O5. The molecule has 0 aromatic heterocycles. The number of carbonyl (C=O) groups excluding carboxylic acids is 4. The Bertz CT molecular complexity index is 1200. The lowest BCUT2D eigenvalue weighted by atomic mass is 9.85. The average Bonchev–Trinajstić information content (AvgIpc) is 3.48. The lowest BCUT2D eigenvalue weighted by molar-refractivity contribution is -0.123. The highest BCUT2D eigenvalue weighted by Crippen LogP contribution is 2.53. The molecule has 2 fully saturated rings. The van der Waals surface area contributed by atoms with Gasteiger partial charge in [0.1, 0.15) is 0 Å². The summed E-state index contributed by atoms with van der Waals surface area (Å²) in [6, 6.07) is 10.7. The monoisotopic (exact) mass is 484 g/mol. The molecule has 2 aromatic carbocycles. The minimum absolute atomic E-state index is 0.101. The summed E-state index contributed by atoms with van der Waals surface area (Å²) in [4.78, 5) is 51.8. The Hall–Kier alpha value is -3.16. The summed E-state index contributed by atoms with van der Waals surface area (Å²) in [7, 11) is 0. The van der Waals surface area contributed by atoms with E-state index in [2.05, 4.69) is 5.32 Å². The van der Waals surface area contributed by atoms with Gasteiger partial charge in [-0.2, -0.15) is 0 Å². The van der Waals surface area contributed by atoms with Crippen LogP contribution in [0.1, 0.15) is 16.8 Å². The molecule has 3 amide bonds. The molecule has 4 atom stereocenters. The first-order chi connectivity index (χ1) is 15.8. The Kier molecular flexibility index (Phi) is 5.46. The van der Waals surface area contributed by atoms with Crippen LogP contribution in [0.5, 0.6) is 0 Å². The fourth-order valence-corrected chi connectivity index (χ4v) is 5.21. The van der Waals surface area contributed by atoms with Crippen molar-refractivity contribution in [3.05, 3.63) is 70.2 Å². The first kappa shape index (κ1) is 21.7. The zero-order valence-electron chi connectivity index (χ0n) is 17.2. The number of allylic oxidation sites excluding steroid dienone is 2. The van der Waals surface area contributed by atoms with Crippen molar-refractivity contribution in [2.45, 2.75) is 6.42 Å². The van der Waals surface area contributed by atoms with Gasteiger partial charge in [0, 0.05) is 5.69 Å². The van der Waals surface area contributed by atoms with Gasteiger partial charge >= 0.3 is 5.97 Å². The maximum Gasteiger partial charge on any atom is 0.338 e. The lowest BCUT2D eigenvalue weighted by Crippen LogP contribution is -2.33. The van der Waals surface area contributed by atoms with Gasteiger partial charge < -0.3 is 10.1 Å². The zero-order valence-corrected chi connectivity index (χ0v) is 18.7. The fraction of sp³-hybridized carbons (Fsp3) is 0.250. The number of esters is 1. The first-order valence-electron chi connectivity index (χ1n) is 10.4. The number of nitrogens with zero attached hydrogens (tertiary/aromatic N) is 1. The van der Waals surface area contributed by atoms with E-state index in [1.54, 1.807) is 18.2 Å². The largest absolute Gasteiger partial charge is 0.452 e. The molecule has 1 saturated carbocycles. The van der Waals surface area contributed by atoms with Crippen molar-refractivity contribution in [3.8, 4) is 0 Å². The normalized spacial score (nSPS) is 24.8. The molecule has 1 saturated heterocycles. The topological polar surface area (TPSA) is 92.8 Å². The molecule has 3 aliphatic rings. The number of hydrogen-bond acceptors (Lipinski definition) is 5. The highest BCUT2D eigenvalue weighted by atomic mass is 35.5. The van der Waals surface area contributed by atoms with Crippen molar-refractivity contribution in [2.75, 3.05) is 16.8 Å². The molecule has 0 unspecified atom stereocenters. The second-order valence-electron chi connectivity index (χ2n) is 8.32. The molecule has 1 aliphatic heterocycles. The lowest BCUT2D eigenvalue weighted by Gasteiger charge is -2.18. The molecule has 2 aliphatic carbocycles. The summed E-state index contributed by atoms with van der Waals surface area (Å²) >= 11 is 11.8. The van der Waals surface area contributed by atoms with Gasteiger partial charge in [-0.3, -0.25) is 14.4 Å². The van der Waals surface area contributed by atoms with E-state index in [-0.39, 0.29) is 46.1 Å². The van der Waals surface area contributed by atoms with Gasteiger partial charge in [0.2, 0.25) is 11.8 Å². The van der Waals surface area contributed by atoms with E-state index in [0.717, 1.165) is 6.42 Å². The van der Waals surface area contributed by atoms with Crippen LogP contribution in [0.2, 0.25) is 10.0 Å². The van der Waals surface area contributed by atoms with Crippen LogP contribution >= 0.6 is 23.2 Å². The summed E-state index contributed by atoms with van der Waals surface area (Å²) in [6.45, 7) is -0.524. The number of carbonyl (C=O) groups is 4. The van der Waals surface area contributed by atoms with E-state index in [9.17, 15) is 19.2 Å². The standard InChI is InChI=1S/C24H18Cl2N2O5/c25-17-7-6-15(10-18(17)26)27-19(29)11-33-24(32)14-2-1-3-16(9-14)28-22(30)20-12-4-5-13(8-12)21(20)23(28)31/h1-7,9-10,12-13,20-21H,8,11H2,(H,27,29)/t12-,13-,20+,21+/m0/s1. The third-order valence-electron chi connectivity index (χ3n) is 6.35. The van der Waals surface area contributed by atoms with Crippen LogP contribution in [-0.2, 0) is 19.1 Å². The molecule has 168 valence electrons. The third kappa shape index (κ3) is 3.81. The first-order valence-corrected chi connectivity index (χ1v) is 11.2. The maximum absolute atomic E-state index is 13.0. The van der Waals surface area contributed by atoms with Gasteiger partial charge in [0.15, 0.2) is 6.61 Å². The van der Waals surface area contributed by atoms with Crippen molar-refractivity contribution in [3.63, 3.8) is 0 Å². The average molecular weight is 485 g/mol. The Labute approximate surface area is 199 Å². The third-order valence-corrected chi connectivity index (χ3v) is 7.09. The number of anilines is 2. The number of amides is 3. The van der Waals surface area contributed by atoms with Gasteiger partial charge in [-0.15, -0.1) is 0 Å². The van der Waals surface area contributed by atoms with E-state index < -0.39 is 18.5 Å². The summed E-state index contributed by atoms with van der Waals surface area (Å²) in [6.07, 6.45) is 4.89. The van der Waals surface area contributed by atoms with Crippen LogP contribution in [-0.4, -0.2) is 30.3 Å². The minimum atomic E-state index is -0.748. The van der Waals surface area contributed by atoms with Crippen molar-refractivity contribution in [1.82, 2.24) is 0 Å². The Morgan fingerprint density at radius 1 is 0.970 bits per heavy atom. The second kappa shape index (κ2) is 8.32. The highest BCUT2D eigenvalue weighted by Gasteiger charge is 2.59. The SMILES string of the molecule is O=C(COC(=O)c1cccc(N2C(=O)[C@H]3[C@H](C2=O)[C@H]2C=C[C@H]3C2)c1)Nc1ccc(Cl)c(Cl)c1. The number of nitrogens with one attached hydrogen (secondary N) is 1. The summed E-state index contributed by atoms with van der Waals surface area (Å²) in [5.41, 5.74) is 0.870. The fourth-order valence-electron chi connectivity index (χ4n) is 4.91. The predicted molar refractivity (Wildman–Crippen MR) is 122 cm³/mol. The van der Waals surface area contributed by atoms with Crippen molar-refractivity contribution < 1.29 is 23.9 Å². The van der Waals surface area contributed by atoms with Crippen LogP contribution < -0.4 is 10.2 Å². The number of rotatable bonds is 5. The molecule has 0 spiro atoms. The number of hydrogen-bond donors (Lipinski definition) is 1. The molecule has 1 N–H and O–H groups in total. The van der Waals surface area contributed by atoms with Crippen molar-refractivity contribution in [2.24, 2.45) is 23.7 Å². The molecule has 33 heavy (non-hydrogen) atoms. The van der Waals surface area contributed by atoms with Crippen molar-refractivity contribution >= 4 is 58.3 Å². The summed E-state index contributed by atoms with van der Waals surface area (Å²) < 4.78 is 5.10. The van der Waals surface area contributed by atoms with Gasteiger partial charge in [-0.1, -0.05) is 41.4 Å². The Morgan fingerprint density at radius 2 is 1.67 bits per heavy atom. The summed E-state index contributed by atoms with van der Waals surface area (Å²) in [5.74, 6) is -2.21. The van der Waals surface area contributed by atoms with Gasteiger partial charge in [0.25, 0.3) is 5.91 Å². The van der Waals surface area contributed by atoms with Gasteiger partial charge in [0.05, 0.1) is 33.1 Å². The minimum Gasteiger partial charge on any atom is -0.452 e. The van der Waals surface area contributed by atoms with E-state index in [1.165, 1.54) is 29.2 Å². The number of imide groups is 1. The molecule has 7 nitrogen and oxygen atoms in total. The Morgan fingerprint density at radius 3 is 2.33 bits per heavy atom. The van der Waals surface area contributed by atoms with Crippen LogP contribution in [0.4, 0.5) is 11.4 Å². The molecule has 9 heteroatoms. The number of benzene rings is 2. The molecule has 5 rings (SSSR count). The maximum atomic E-state index is 13.0. The molecule has 2 aromatic rings. The molecular weight excluding hydrogens is 467 g/mol. The van der Waals surface area contributed by atoms with E-state index in [1.807, 2.05) is 12.2 Å². The zero-order chi connectivity index (χ0) is 23.3. The number of fused-ring (bicyclic) bond motifs is 5. The quantitative estimate of drug-likeness (QED) is 0.391. The number of halogens is 2. The van der Waals surface area contributed by atoms with Crippen molar-refractivity contribution in [1.29, 1.82) is 0 Å². The molecule has 2 bridgehead atoms. The van der Waals surface area contributed by atoms with E-state index >= 15 is 0 Å².